The second-order valence-corrected chi connectivity index (χ2v) is 13.5. The molecule has 0 radical (unpaired) electrons. The largest absolute Gasteiger partial charge is 0.514 e. The molecule has 44 heavy (non-hydrogen) atoms. The molecule has 1 saturated heterocycles. The minimum absolute atomic E-state index is 0.290. The number of rotatable bonds is 2. The molecule has 0 saturated carbocycles. The van der Waals surface area contributed by atoms with Crippen molar-refractivity contribution in [3.63, 3.8) is 0 Å². The van der Waals surface area contributed by atoms with Crippen molar-refractivity contribution in [3.05, 3.63) is 84.6 Å². The predicted molar refractivity (Wildman–Crippen MR) is 172 cm³/mol. The van der Waals surface area contributed by atoms with Gasteiger partial charge in [-0.15, -0.1) is 0 Å². The molecule has 5 rings (SSSR count). The molecule has 1 aliphatic heterocycles. The van der Waals surface area contributed by atoms with Gasteiger partial charge in [0.15, 0.2) is 0 Å². The topological polar surface area (TPSA) is 54.1 Å². The van der Waals surface area contributed by atoms with Crippen molar-refractivity contribution < 1.29 is 35.7 Å². The molecule has 3 heterocycles. The van der Waals surface area contributed by atoms with Crippen molar-refractivity contribution in [1.82, 2.24) is 19.6 Å². The van der Waals surface area contributed by atoms with E-state index in [-0.39, 0.29) is 18.3 Å². The summed E-state index contributed by atoms with van der Waals surface area (Å²) in [5.74, 6) is 0. The Balaban J connectivity index is 0.000000183. The first-order chi connectivity index (χ1) is 20.1. The van der Waals surface area contributed by atoms with Crippen LogP contribution in [0.3, 0.4) is 0 Å². The summed E-state index contributed by atoms with van der Waals surface area (Å²) in [6, 6.07) is 10.7. The summed E-state index contributed by atoms with van der Waals surface area (Å²) in [6.07, 6.45) is -5.29. The second-order valence-electron chi connectivity index (χ2n) is 10.6. The molecule has 0 spiro atoms. The molecule has 16 heteroatoms. The van der Waals surface area contributed by atoms with E-state index in [9.17, 15) is 26.3 Å². The molecule has 1 aliphatic rings. The highest BCUT2D eigenvalue weighted by atomic mass is 127. The third-order valence-corrected chi connectivity index (χ3v) is 10.0. The van der Waals surface area contributed by atoms with Crippen molar-refractivity contribution in [2.24, 2.45) is 14.1 Å². The van der Waals surface area contributed by atoms with Crippen LogP contribution in [0.2, 0.25) is 0 Å². The third kappa shape index (κ3) is 8.88. The Morgan fingerprint density at radius 2 is 1.20 bits per heavy atom. The first kappa shape index (κ1) is 36.6. The standard InChI is InChI=1S/C11H8BrF3N2.C10H17BN2O2.C7H3BrF3I/c1-17-10(4-5-16-17)8-6-7(11(13,14)15)2-3-9(8)12;1-9(2)10(3,4)15-11(14-9)8-6-7-12-13(8)5;8-5-2-1-4(3-6(5)12)7(9,10)11/h2-6H,1H3;6-7H,1-5H3;1-3H. The van der Waals surface area contributed by atoms with Crippen LogP contribution in [-0.2, 0) is 35.8 Å². The molecule has 0 amide bonds. The molecule has 0 unspecified atom stereocenters. The molecule has 2 aromatic heterocycles. The van der Waals surface area contributed by atoms with Gasteiger partial charge in [-0.3, -0.25) is 9.36 Å². The van der Waals surface area contributed by atoms with Gasteiger partial charge in [0.2, 0.25) is 0 Å². The van der Waals surface area contributed by atoms with Gasteiger partial charge in [0.1, 0.15) is 0 Å². The minimum atomic E-state index is -4.34. The number of alkyl halides is 6. The van der Waals surface area contributed by atoms with E-state index in [0.717, 1.165) is 29.9 Å². The number of aryl methyl sites for hydroxylation is 2. The molecule has 0 N–H and O–H groups in total. The molecule has 0 atom stereocenters. The van der Waals surface area contributed by atoms with Crippen molar-refractivity contribution in [2.75, 3.05) is 0 Å². The maximum atomic E-state index is 12.6. The number of aromatic nitrogens is 4. The van der Waals surface area contributed by atoms with Gasteiger partial charge in [-0.25, -0.2) is 0 Å². The fourth-order valence-electron chi connectivity index (χ4n) is 3.79. The van der Waals surface area contributed by atoms with E-state index in [1.807, 2.05) is 63.4 Å². The zero-order valence-corrected chi connectivity index (χ0v) is 29.7. The van der Waals surface area contributed by atoms with Crippen LogP contribution in [-0.4, -0.2) is 37.9 Å². The van der Waals surface area contributed by atoms with Crippen LogP contribution >= 0.6 is 54.5 Å². The van der Waals surface area contributed by atoms with E-state index in [4.69, 9.17) is 9.31 Å². The van der Waals surface area contributed by atoms with Gasteiger partial charge in [-0.05, 0) is 115 Å². The molecule has 6 nitrogen and oxygen atoms in total. The molecule has 1 fully saturated rings. The monoisotopic (exact) mass is 862 g/mol. The number of halogens is 9. The molecular weight excluding hydrogens is 836 g/mol. The lowest BCUT2D eigenvalue weighted by molar-refractivity contribution is -0.138. The number of hydrogen-bond acceptors (Lipinski definition) is 4. The van der Waals surface area contributed by atoms with Gasteiger partial charge in [0, 0.05) is 44.6 Å². The van der Waals surface area contributed by atoms with E-state index in [1.54, 1.807) is 30.2 Å². The fraction of sp³-hybridized carbons (Fsp3) is 0.357. The predicted octanol–water partition coefficient (Wildman–Crippen LogP) is 8.66. The first-order valence-corrected chi connectivity index (χ1v) is 15.5. The summed E-state index contributed by atoms with van der Waals surface area (Å²) < 4.78 is 91.0. The van der Waals surface area contributed by atoms with Crippen molar-refractivity contribution >= 4 is 67.2 Å². The minimum Gasteiger partial charge on any atom is -0.398 e. The Kier molecular flexibility index (Phi) is 11.5. The van der Waals surface area contributed by atoms with E-state index < -0.39 is 23.5 Å². The van der Waals surface area contributed by atoms with E-state index in [1.165, 1.54) is 16.8 Å². The van der Waals surface area contributed by atoms with Crippen molar-refractivity contribution in [2.45, 2.75) is 51.2 Å². The van der Waals surface area contributed by atoms with Crippen LogP contribution < -0.4 is 5.59 Å². The summed E-state index contributed by atoms with van der Waals surface area (Å²) in [5.41, 5.74) is 0.188. The summed E-state index contributed by atoms with van der Waals surface area (Å²) in [4.78, 5) is 0. The Bertz CT molecular complexity index is 1570. The van der Waals surface area contributed by atoms with Crippen LogP contribution in [0.5, 0.6) is 0 Å². The summed E-state index contributed by atoms with van der Waals surface area (Å²) in [6.45, 7) is 8.18. The second kappa shape index (κ2) is 13.9. The first-order valence-electron chi connectivity index (χ1n) is 12.8. The van der Waals surface area contributed by atoms with E-state index in [2.05, 4.69) is 42.1 Å². The highest BCUT2D eigenvalue weighted by Crippen LogP contribution is 2.37. The Hall–Kier alpha value is -1.89. The number of benzene rings is 2. The quantitative estimate of drug-likeness (QED) is 0.115. The Morgan fingerprint density at radius 1 is 0.727 bits per heavy atom. The van der Waals surface area contributed by atoms with E-state index >= 15 is 0 Å². The zero-order chi connectivity index (χ0) is 33.3. The summed E-state index contributed by atoms with van der Waals surface area (Å²) in [5, 5.41) is 8.05. The van der Waals surface area contributed by atoms with Crippen LogP contribution in [0, 0.1) is 3.57 Å². The molecular formula is C28H28BBr2F6IN4O2. The zero-order valence-electron chi connectivity index (χ0n) is 24.4. The third-order valence-electron chi connectivity index (χ3n) is 6.99. The van der Waals surface area contributed by atoms with Gasteiger partial charge < -0.3 is 9.31 Å². The lowest BCUT2D eigenvalue weighted by atomic mass is 9.85. The summed E-state index contributed by atoms with van der Waals surface area (Å²) in [7, 11) is 3.25. The van der Waals surface area contributed by atoms with Gasteiger partial charge in [-0.2, -0.15) is 36.5 Å². The van der Waals surface area contributed by atoms with Crippen LogP contribution in [0.4, 0.5) is 26.3 Å². The maximum absolute atomic E-state index is 12.6. The molecule has 0 aliphatic carbocycles. The number of nitrogens with zero attached hydrogens (tertiary/aromatic N) is 4. The molecule has 4 aromatic rings. The average molecular weight is 864 g/mol. The lowest BCUT2D eigenvalue weighted by Crippen LogP contribution is -2.41. The Labute approximate surface area is 282 Å². The summed E-state index contributed by atoms with van der Waals surface area (Å²) >= 11 is 8.21. The van der Waals surface area contributed by atoms with Gasteiger partial charge >= 0.3 is 19.5 Å². The lowest BCUT2D eigenvalue weighted by Gasteiger charge is -2.32. The van der Waals surface area contributed by atoms with Gasteiger partial charge in [0.05, 0.1) is 33.6 Å². The molecule has 2 aromatic carbocycles. The highest BCUT2D eigenvalue weighted by Gasteiger charge is 2.52. The van der Waals surface area contributed by atoms with Crippen LogP contribution in [0.1, 0.15) is 38.8 Å². The average Bonchev–Trinajstić information content (AvgIpc) is 3.57. The van der Waals surface area contributed by atoms with E-state index in [0.29, 0.717) is 23.8 Å². The number of hydrogen-bond donors (Lipinski definition) is 0. The SMILES string of the molecule is Cn1nccc1-c1cc(C(F)(F)F)ccc1Br.Cn1nccc1B1OC(C)(C)C(C)(C)O1.FC(F)(F)c1ccc(Br)c(I)c1. The Morgan fingerprint density at radius 3 is 1.64 bits per heavy atom. The molecule has 238 valence electrons. The smallest absolute Gasteiger partial charge is 0.398 e. The van der Waals surface area contributed by atoms with Gasteiger partial charge in [0.25, 0.3) is 0 Å². The highest BCUT2D eigenvalue weighted by molar-refractivity contribution is 14.1. The fourth-order valence-corrected chi connectivity index (χ4v) is 5.00. The van der Waals surface area contributed by atoms with Crippen LogP contribution in [0.15, 0.2) is 69.9 Å². The van der Waals surface area contributed by atoms with Crippen molar-refractivity contribution in [1.29, 1.82) is 0 Å². The normalized spacial score (nSPS) is 15.8. The van der Waals surface area contributed by atoms with Gasteiger partial charge in [-0.1, -0.05) is 15.9 Å². The van der Waals surface area contributed by atoms with Crippen LogP contribution in [0.25, 0.3) is 11.3 Å². The van der Waals surface area contributed by atoms with Crippen molar-refractivity contribution in [3.8, 4) is 11.3 Å². The maximum Gasteiger partial charge on any atom is 0.514 e. The molecule has 0 bridgehead atoms.